The average molecular weight is 419 g/mol. The van der Waals surface area contributed by atoms with E-state index in [0.29, 0.717) is 31.0 Å². The number of hydrogen-bond acceptors (Lipinski definition) is 4. The minimum absolute atomic E-state index is 0.0617. The molecule has 6 nitrogen and oxygen atoms in total. The van der Waals surface area contributed by atoms with E-state index in [1.807, 2.05) is 36.1 Å². The maximum Gasteiger partial charge on any atom is 0.289 e. The summed E-state index contributed by atoms with van der Waals surface area (Å²) in [6, 6.07) is 12.6. The van der Waals surface area contributed by atoms with Gasteiger partial charge in [-0.05, 0) is 36.8 Å². The molecule has 0 saturated carbocycles. The Morgan fingerprint density at radius 2 is 2.03 bits per heavy atom. The number of rotatable bonds is 3. The molecular weight excluding hydrogens is 397 g/mol. The summed E-state index contributed by atoms with van der Waals surface area (Å²) in [5.41, 5.74) is 2.78. The number of amides is 1. The predicted octanol–water partition coefficient (Wildman–Crippen LogP) is 4.04. The third-order valence-corrected chi connectivity index (χ3v) is 5.62. The Bertz CT molecular complexity index is 1170. The first-order valence-corrected chi connectivity index (χ1v) is 10.3. The smallest absolute Gasteiger partial charge is 0.289 e. The lowest BCUT2D eigenvalue weighted by atomic mass is 9.98. The Morgan fingerprint density at radius 1 is 1.16 bits per heavy atom. The number of imidazole rings is 1. The number of halogens is 1. The van der Waals surface area contributed by atoms with Gasteiger partial charge in [0.05, 0.1) is 36.9 Å². The number of aromatic nitrogens is 2. The summed E-state index contributed by atoms with van der Waals surface area (Å²) >= 11 is 0. The first-order chi connectivity index (χ1) is 15.1. The standard InChI is InChI=1S/C24H22FN3O3/c1-16-14-27(15-26-16)21-7-6-17(12-19(21)25)13-23-24(29)28(9-11-31-23)20-8-10-30-22-5-3-2-4-18(20)22/h2-7,12-15,20H,8-11H2,1H3/b23-13-. The summed E-state index contributed by atoms with van der Waals surface area (Å²) in [5.74, 6) is 0.449. The van der Waals surface area contributed by atoms with Gasteiger partial charge in [-0.3, -0.25) is 4.79 Å². The monoisotopic (exact) mass is 419 g/mol. The average Bonchev–Trinajstić information content (AvgIpc) is 3.21. The number of hydrogen-bond donors (Lipinski definition) is 0. The van der Waals surface area contributed by atoms with Crippen molar-refractivity contribution in [2.24, 2.45) is 0 Å². The van der Waals surface area contributed by atoms with Crippen LogP contribution in [0.2, 0.25) is 0 Å². The number of para-hydroxylation sites is 1. The number of morpholine rings is 1. The van der Waals surface area contributed by atoms with Crippen molar-refractivity contribution in [2.75, 3.05) is 19.8 Å². The fourth-order valence-corrected chi connectivity index (χ4v) is 4.13. The second-order valence-corrected chi connectivity index (χ2v) is 7.68. The summed E-state index contributed by atoms with van der Waals surface area (Å²) in [6.07, 6.45) is 5.66. The van der Waals surface area contributed by atoms with Gasteiger partial charge in [0.25, 0.3) is 5.91 Å². The molecule has 1 atom stereocenters. The van der Waals surface area contributed by atoms with E-state index >= 15 is 0 Å². The first-order valence-electron chi connectivity index (χ1n) is 10.3. The number of carbonyl (C=O) groups excluding carboxylic acids is 1. The molecule has 0 spiro atoms. The van der Waals surface area contributed by atoms with Crippen LogP contribution in [-0.2, 0) is 9.53 Å². The minimum Gasteiger partial charge on any atom is -0.493 e. The van der Waals surface area contributed by atoms with Crippen molar-refractivity contribution in [3.05, 3.63) is 83.4 Å². The van der Waals surface area contributed by atoms with E-state index in [1.54, 1.807) is 35.3 Å². The van der Waals surface area contributed by atoms with E-state index in [0.717, 1.165) is 23.4 Å². The Balaban J connectivity index is 1.41. The van der Waals surface area contributed by atoms with Crippen molar-refractivity contribution in [2.45, 2.75) is 19.4 Å². The summed E-state index contributed by atoms with van der Waals surface area (Å²) in [5, 5.41) is 0. The van der Waals surface area contributed by atoms with Crippen molar-refractivity contribution in [3.63, 3.8) is 0 Å². The lowest BCUT2D eigenvalue weighted by Gasteiger charge is -2.38. The number of carbonyl (C=O) groups is 1. The van der Waals surface area contributed by atoms with Gasteiger partial charge in [0.1, 0.15) is 18.2 Å². The molecular formula is C24H22FN3O3. The van der Waals surface area contributed by atoms with Gasteiger partial charge in [-0.1, -0.05) is 24.3 Å². The van der Waals surface area contributed by atoms with Gasteiger partial charge >= 0.3 is 0 Å². The Hall–Kier alpha value is -3.61. The molecule has 3 aromatic rings. The fourth-order valence-electron chi connectivity index (χ4n) is 4.13. The van der Waals surface area contributed by atoms with Crippen LogP contribution in [0.1, 0.15) is 29.3 Å². The molecule has 1 fully saturated rings. The van der Waals surface area contributed by atoms with E-state index in [2.05, 4.69) is 4.98 Å². The van der Waals surface area contributed by atoms with E-state index < -0.39 is 5.82 Å². The van der Waals surface area contributed by atoms with Crippen LogP contribution in [0.25, 0.3) is 11.8 Å². The van der Waals surface area contributed by atoms with Crippen molar-refractivity contribution < 1.29 is 18.7 Å². The third-order valence-electron chi connectivity index (χ3n) is 5.62. The van der Waals surface area contributed by atoms with Gasteiger partial charge < -0.3 is 18.9 Å². The van der Waals surface area contributed by atoms with E-state index in [4.69, 9.17) is 9.47 Å². The van der Waals surface area contributed by atoms with Gasteiger partial charge in [-0.15, -0.1) is 0 Å². The van der Waals surface area contributed by atoms with Gasteiger partial charge in [0.15, 0.2) is 5.76 Å². The molecule has 2 aliphatic rings. The van der Waals surface area contributed by atoms with E-state index in [1.165, 1.54) is 6.07 Å². The molecule has 0 bridgehead atoms. The number of benzene rings is 2. The number of ether oxygens (including phenoxy) is 2. The van der Waals surface area contributed by atoms with Crippen LogP contribution >= 0.6 is 0 Å². The highest BCUT2D eigenvalue weighted by Crippen LogP contribution is 2.37. The molecule has 7 heteroatoms. The predicted molar refractivity (Wildman–Crippen MR) is 113 cm³/mol. The van der Waals surface area contributed by atoms with Gasteiger partial charge in [-0.25, -0.2) is 9.37 Å². The molecule has 3 heterocycles. The Morgan fingerprint density at radius 3 is 2.84 bits per heavy atom. The number of fused-ring (bicyclic) bond motifs is 1. The normalized spacial score (nSPS) is 19.7. The van der Waals surface area contributed by atoms with Crippen molar-refractivity contribution in [1.29, 1.82) is 0 Å². The molecule has 1 aromatic heterocycles. The molecule has 2 aromatic carbocycles. The summed E-state index contributed by atoms with van der Waals surface area (Å²) in [4.78, 5) is 19.2. The van der Waals surface area contributed by atoms with Crippen molar-refractivity contribution in [3.8, 4) is 11.4 Å². The molecule has 1 unspecified atom stereocenters. The quantitative estimate of drug-likeness (QED) is 0.601. The highest BCUT2D eigenvalue weighted by molar-refractivity contribution is 5.96. The zero-order valence-electron chi connectivity index (χ0n) is 17.1. The molecule has 1 saturated heterocycles. The van der Waals surface area contributed by atoms with Crippen molar-refractivity contribution in [1.82, 2.24) is 14.5 Å². The number of nitrogens with zero attached hydrogens (tertiary/aromatic N) is 3. The van der Waals surface area contributed by atoms with Crippen LogP contribution in [0.3, 0.4) is 0 Å². The molecule has 2 aliphatic heterocycles. The maximum atomic E-state index is 14.7. The van der Waals surface area contributed by atoms with E-state index in [-0.39, 0.29) is 17.7 Å². The Labute approximate surface area is 179 Å². The third kappa shape index (κ3) is 3.67. The molecule has 158 valence electrons. The molecule has 1 amide bonds. The lowest BCUT2D eigenvalue weighted by Crippen LogP contribution is -2.44. The van der Waals surface area contributed by atoms with Crippen LogP contribution < -0.4 is 4.74 Å². The second-order valence-electron chi connectivity index (χ2n) is 7.68. The molecule has 31 heavy (non-hydrogen) atoms. The molecule has 0 aliphatic carbocycles. The molecule has 0 radical (unpaired) electrons. The summed E-state index contributed by atoms with van der Waals surface area (Å²) in [6.45, 7) is 3.31. The maximum absolute atomic E-state index is 14.7. The zero-order valence-corrected chi connectivity index (χ0v) is 17.1. The fraction of sp³-hybridized carbons (Fsp3) is 0.250. The summed E-state index contributed by atoms with van der Waals surface area (Å²) < 4.78 is 27.7. The van der Waals surface area contributed by atoms with Crippen LogP contribution in [0.15, 0.2) is 60.7 Å². The SMILES string of the molecule is Cc1cn(-c2ccc(/C=C3\OCCN(C4CCOc5ccccc54)C3=O)cc2F)cn1. The highest BCUT2D eigenvalue weighted by Gasteiger charge is 2.34. The van der Waals surface area contributed by atoms with Gasteiger partial charge in [0, 0.05) is 18.2 Å². The van der Waals surface area contributed by atoms with Gasteiger partial charge in [0.2, 0.25) is 0 Å². The highest BCUT2D eigenvalue weighted by atomic mass is 19.1. The first kappa shape index (κ1) is 19.4. The topological polar surface area (TPSA) is 56.6 Å². The largest absolute Gasteiger partial charge is 0.493 e. The molecule has 0 N–H and O–H groups in total. The van der Waals surface area contributed by atoms with Crippen LogP contribution in [-0.4, -0.2) is 40.1 Å². The molecule has 5 rings (SSSR count). The van der Waals surface area contributed by atoms with E-state index in [9.17, 15) is 9.18 Å². The summed E-state index contributed by atoms with van der Waals surface area (Å²) in [7, 11) is 0. The van der Waals surface area contributed by atoms with Crippen LogP contribution in [0.4, 0.5) is 4.39 Å². The van der Waals surface area contributed by atoms with Gasteiger partial charge in [-0.2, -0.15) is 0 Å². The minimum atomic E-state index is -0.398. The number of aryl methyl sites for hydroxylation is 1. The second kappa shape index (κ2) is 7.91. The lowest BCUT2D eigenvalue weighted by molar-refractivity contribution is -0.139. The Kier molecular flexibility index (Phi) is 4.94. The van der Waals surface area contributed by atoms with Crippen LogP contribution in [0.5, 0.6) is 5.75 Å². The zero-order chi connectivity index (χ0) is 21.4. The van der Waals surface area contributed by atoms with Crippen molar-refractivity contribution >= 4 is 12.0 Å². The van der Waals surface area contributed by atoms with Crippen LogP contribution in [0, 0.1) is 12.7 Å².